The lowest BCUT2D eigenvalue weighted by molar-refractivity contribution is -0.139. The van der Waals surface area contributed by atoms with Crippen molar-refractivity contribution in [3.8, 4) is 0 Å². The Kier molecular flexibility index (Phi) is 4.24. The fourth-order valence-electron chi connectivity index (χ4n) is 2.85. The number of halogens is 1. The summed E-state index contributed by atoms with van der Waals surface area (Å²) in [5.41, 5.74) is 0.900. The van der Waals surface area contributed by atoms with Crippen molar-refractivity contribution in [1.82, 2.24) is 15.5 Å². The van der Waals surface area contributed by atoms with Gasteiger partial charge in [0.1, 0.15) is 11.9 Å². The second kappa shape index (κ2) is 6.31. The molecule has 0 radical (unpaired) electrons. The zero-order valence-electron chi connectivity index (χ0n) is 12.2. The van der Waals surface area contributed by atoms with E-state index in [1.165, 1.54) is 12.1 Å². The van der Waals surface area contributed by atoms with Crippen LogP contribution in [0, 0.1) is 5.82 Å². The van der Waals surface area contributed by atoms with E-state index in [0.717, 1.165) is 12.2 Å². The largest absolute Gasteiger partial charge is 0.368 e. The number of benzene rings is 1. The van der Waals surface area contributed by atoms with E-state index in [0.29, 0.717) is 26.2 Å². The van der Waals surface area contributed by atoms with Gasteiger partial charge >= 0.3 is 0 Å². The molecule has 1 aromatic carbocycles. The summed E-state index contributed by atoms with van der Waals surface area (Å²) < 4.78 is 13.0. The van der Waals surface area contributed by atoms with Gasteiger partial charge in [-0.1, -0.05) is 0 Å². The highest BCUT2D eigenvalue weighted by Gasteiger charge is 2.31. The summed E-state index contributed by atoms with van der Waals surface area (Å²) in [6, 6.07) is 5.93. The van der Waals surface area contributed by atoms with E-state index in [1.54, 1.807) is 17.0 Å². The maximum atomic E-state index is 13.0. The number of nitrogens with one attached hydrogen (secondary N) is 2. The molecule has 2 aliphatic rings. The average molecular weight is 306 g/mol. The molecule has 2 N–H and O–H groups in total. The predicted molar refractivity (Wildman–Crippen MR) is 80.0 cm³/mol. The van der Waals surface area contributed by atoms with Gasteiger partial charge in [-0.15, -0.1) is 0 Å². The van der Waals surface area contributed by atoms with Crippen molar-refractivity contribution in [2.45, 2.75) is 6.04 Å². The van der Waals surface area contributed by atoms with Crippen molar-refractivity contribution in [3.63, 3.8) is 0 Å². The number of amides is 2. The van der Waals surface area contributed by atoms with Gasteiger partial charge in [0, 0.05) is 38.4 Å². The molecule has 2 aliphatic heterocycles. The van der Waals surface area contributed by atoms with Crippen LogP contribution in [0.15, 0.2) is 24.3 Å². The number of rotatable bonds is 2. The molecule has 0 saturated carbocycles. The Balaban J connectivity index is 1.66. The van der Waals surface area contributed by atoms with Gasteiger partial charge in [-0.25, -0.2) is 4.39 Å². The van der Waals surface area contributed by atoms with E-state index >= 15 is 0 Å². The minimum absolute atomic E-state index is 0.0540. The Bertz CT molecular complexity index is 563. The van der Waals surface area contributed by atoms with E-state index in [-0.39, 0.29) is 30.2 Å². The first kappa shape index (κ1) is 14.8. The third-order valence-electron chi connectivity index (χ3n) is 4.02. The van der Waals surface area contributed by atoms with Crippen molar-refractivity contribution in [3.05, 3.63) is 30.1 Å². The van der Waals surface area contributed by atoms with Gasteiger partial charge in [0.15, 0.2) is 0 Å². The summed E-state index contributed by atoms with van der Waals surface area (Å²) in [6.45, 7) is 3.11. The maximum Gasteiger partial charge on any atom is 0.242 e. The van der Waals surface area contributed by atoms with Crippen LogP contribution in [-0.4, -0.2) is 62.0 Å². The second-order valence-electron chi connectivity index (χ2n) is 5.54. The molecule has 1 atom stereocenters. The molecule has 2 saturated heterocycles. The second-order valence-corrected chi connectivity index (χ2v) is 5.54. The molecule has 0 spiro atoms. The fraction of sp³-hybridized carbons (Fsp3) is 0.467. The van der Waals surface area contributed by atoms with Gasteiger partial charge in [-0.05, 0) is 24.3 Å². The van der Waals surface area contributed by atoms with Crippen molar-refractivity contribution in [2.24, 2.45) is 0 Å². The summed E-state index contributed by atoms with van der Waals surface area (Å²) in [5, 5.41) is 5.91. The minimum atomic E-state index is -0.343. The molecule has 2 heterocycles. The summed E-state index contributed by atoms with van der Waals surface area (Å²) in [4.78, 5) is 27.6. The molecule has 7 heteroatoms. The van der Waals surface area contributed by atoms with Crippen LogP contribution in [0.4, 0.5) is 10.1 Å². The SMILES string of the molecule is O=C1CN(C(=O)[C@@H]2CN(c3ccc(F)cc3)CCN2)CCN1. The van der Waals surface area contributed by atoms with Crippen LogP contribution in [0.2, 0.25) is 0 Å². The number of hydrogen-bond acceptors (Lipinski definition) is 4. The smallest absolute Gasteiger partial charge is 0.242 e. The number of piperazine rings is 2. The molecule has 2 amide bonds. The fourth-order valence-corrected chi connectivity index (χ4v) is 2.85. The Labute approximate surface area is 128 Å². The average Bonchev–Trinajstić information content (AvgIpc) is 2.55. The highest BCUT2D eigenvalue weighted by Crippen LogP contribution is 2.17. The Morgan fingerprint density at radius 1 is 1.18 bits per heavy atom. The molecule has 0 bridgehead atoms. The molecule has 0 aliphatic carbocycles. The van der Waals surface area contributed by atoms with Crippen LogP contribution >= 0.6 is 0 Å². The third-order valence-corrected chi connectivity index (χ3v) is 4.02. The van der Waals surface area contributed by atoms with E-state index in [2.05, 4.69) is 15.5 Å². The molecule has 3 rings (SSSR count). The summed E-state index contributed by atoms with van der Waals surface area (Å²) in [7, 11) is 0. The van der Waals surface area contributed by atoms with E-state index in [9.17, 15) is 14.0 Å². The van der Waals surface area contributed by atoms with Crippen LogP contribution in [-0.2, 0) is 9.59 Å². The van der Waals surface area contributed by atoms with Crippen molar-refractivity contribution < 1.29 is 14.0 Å². The summed E-state index contributed by atoms with van der Waals surface area (Å²) in [5.74, 6) is -0.446. The van der Waals surface area contributed by atoms with Crippen molar-refractivity contribution in [2.75, 3.05) is 44.2 Å². The summed E-state index contributed by atoms with van der Waals surface area (Å²) in [6.07, 6.45) is 0. The van der Waals surface area contributed by atoms with E-state index in [1.807, 2.05) is 0 Å². The molecule has 22 heavy (non-hydrogen) atoms. The van der Waals surface area contributed by atoms with Crippen molar-refractivity contribution >= 4 is 17.5 Å². The van der Waals surface area contributed by atoms with E-state index in [4.69, 9.17) is 0 Å². The molecular formula is C15H19FN4O2. The first-order valence-electron chi connectivity index (χ1n) is 7.43. The first-order valence-corrected chi connectivity index (χ1v) is 7.43. The first-order chi connectivity index (χ1) is 10.6. The Morgan fingerprint density at radius 3 is 2.68 bits per heavy atom. The Hall–Kier alpha value is -2.15. The van der Waals surface area contributed by atoms with Gasteiger partial charge in [0.25, 0.3) is 0 Å². The van der Waals surface area contributed by atoms with Gasteiger partial charge < -0.3 is 20.4 Å². The Morgan fingerprint density at radius 2 is 1.95 bits per heavy atom. The highest BCUT2D eigenvalue weighted by atomic mass is 19.1. The maximum absolute atomic E-state index is 13.0. The lowest BCUT2D eigenvalue weighted by atomic mass is 10.1. The lowest BCUT2D eigenvalue weighted by Crippen LogP contribution is -2.61. The third kappa shape index (κ3) is 3.19. The molecule has 2 fully saturated rings. The number of anilines is 1. The van der Waals surface area contributed by atoms with Crippen LogP contribution in [0.1, 0.15) is 0 Å². The zero-order chi connectivity index (χ0) is 15.5. The number of hydrogen-bond donors (Lipinski definition) is 2. The summed E-state index contributed by atoms with van der Waals surface area (Å²) >= 11 is 0. The van der Waals surface area contributed by atoms with Gasteiger partial charge in [0.2, 0.25) is 11.8 Å². The standard InChI is InChI=1S/C15H19FN4O2/c16-11-1-3-12(4-2-11)19-7-5-17-13(9-19)15(22)20-8-6-18-14(21)10-20/h1-4,13,17H,5-10H2,(H,18,21)/t13-/m0/s1. The highest BCUT2D eigenvalue weighted by molar-refractivity contribution is 5.89. The van der Waals surface area contributed by atoms with Gasteiger partial charge in [0.05, 0.1) is 6.54 Å². The lowest BCUT2D eigenvalue weighted by Gasteiger charge is -2.37. The predicted octanol–water partition coefficient (Wildman–Crippen LogP) is -0.438. The quantitative estimate of drug-likeness (QED) is 0.778. The zero-order valence-corrected chi connectivity index (χ0v) is 12.2. The molecule has 6 nitrogen and oxygen atoms in total. The van der Waals surface area contributed by atoms with E-state index < -0.39 is 0 Å². The van der Waals surface area contributed by atoms with Crippen LogP contribution < -0.4 is 15.5 Å². The minimum Gasteiger partial charge on any atom is -0.368 e. The number of nitrogens with zero attached hydrogens (tertiary/aromatic N) is 2. The number of carbonyl (C=O) groups excluding carboxylic acids is 2. The normalized spacial score (nSPS) is 22.4. The van der Waals surface area contributed by atoms with Crippen LogP contribution in [0.3, 0.4) is 0 Å². The topological polar surface area (TPSA) is 64.7 Å². The number of carbonyl (C=O) groups is 2. The van der Waals surface area contributed by atoms with Crippen LogP contribution in [0.25, 0.3) is 0 Å². The van der Waals surface area contributed by atoms with Crippen LogP contribution in [0.5, 0.6) is 0 Å². The van der Waals surface area contributed by atoms with Gasteiger partial charge in [-0.3, -0.25) is 9.59 Å². The molecule has 1 aromatic rings. The molecular weight excluding hydrogens is 287 g/mol. The molecule has 0 unspecified atom stereocenters. The molecule has 118 valence electrons. The van der Waals surface area contributed by atoms with Crippen molar-refractivity contribution in [1.29, 1.82) is 0 Å². The molecule has 0 aromatic heterocycles. The van der Waals surface area contributed by atoms with Gasteiger partial charge in [-0.2, -0.15) is 0 Å². The monoisotopic (exact) mass is 306 g/mol.